The van der Waals surface area contributed by atoms with E-state index in [0.29, 0.717) is 6.42 Å². The highest BCUT2D eigenvalue weighted by Gasteiger charge is 2.75. The Bertz CT molecular complexity index is 385. The number of carbonyl (C=O) groups is 2. The molecule has 1 saturated carbocycles. The maximum atomic E-state index is 12.6. The number of hydrogen-bond donors (Lipinski definition) is 0. The summed E-state index contributed by atoms with van der Waals surface area (Å²) in [5, 5.41) is 0. The Balaban J connectivity index is 2.47. The van der Waals surface area contributed by atoms with E-state index in [4.69, 9.17) is 4.74 Å². The molecule has 17 heavy (non-hydrogen) atoms. The molecule has 96 valence electrons. The fourth-order valence-electron chi connectivity index (χ4n) is 3.37. The topological polar surface area (TPSA) is 43.4 Å². The normalized spacial score (nSPS) is 40.2. The van der Waals surface area contributed by atoms with E-state index in [-0.39, 0.29) is 17.7 Å². The number of ketones is 1. The summed E-state index contributed by atoms with van der Waals surface area (Å²) < 4.78 is 5.56. The summed E-state index contributed by atoms with van der Waals surface area (Å²) in [4.78, 5) is 24.6. The van der Waals surface area contributed by atoms with Gasteiger partial charge in [0.2, 0.25) is 0 Å². The molecule has 1 aliphatic carbocycles. The molecule has 2 bridgehead atoms. The molecule has 0 N–H and O–H groups in total. The van der Waals surface area contributed by atoms with Crippen molar-refractivity contribution >= 4 is 11.8 Å². The summed E-state index contributed by atoms with van der Waals surface area (Å²) in [5.41, 5.74) is -1.75. The van der Waals surface area contributed by atoms with Crippen LogP contribution in [0.15, 0.2) is 0 Å². The molecule has 3 nitrogen and oxygen atoms in total. The minimum absolute atomic E-state index is 0.0393. The summed E-state index contributed by atoms with van der Waals surface area (Å²) in [6.07, 6.45) is 2.25. The van der Waals surface area contributed by atoms with E-state index >= 15 is 0 Å². The van der Waals surface area contributed by atoms with Crippen molar-refractivity contribution in [2.75, 3.05) is 0 Å². The lowest BCUT2D eigenvalue weighted by Gasteiger charge is -2.36. The predicted molar refractivity (Wildman–Crippen MR) is 64.4 cm³/mol. The number of esters is 1. The molecule has 0 amide bonds. The van der Waals surface area contributed by atoms with Gasteiger partial charge in [-0.1, -0.05) is 27.7 Å². The third-order valence-electron chi connectivity index (χ3n) is 5.54. The number of Topliss-reactive ketones (excluding diaryl/α,β-unsaturated/α-hetero) is 1. The highest BCUT2D eigenvalue weighted by Crippen LogP contribution is 2.66. The van der Waals surface area contributed by atoms with Gasteiger partial charge in [-0.3, -0.25) is 9.59 Å². The molecule has 1 heterocycles. The van der Waals surface area contributed by atoms with Crippen LogP contribution in [-0.4, -0.2) is 17.4 Å². The van der Waals surface area contributed by atoms with Gasteiger partial charge in [0.25, 0.3) is 0 Å². The maximum Gasteiger partial charge on any atom is 0.313 e. The first-order valence-corrected chi connectivity index (χ1v) is 6.50. The van der Waals surface area contributed by atoms with Gasteiger partial charge < -0.3 is 4.74 Å². The molecule has 2 aliphatic rings. The molecular weight excluding hydrogens is 216 g/mol. The Morgan fingerprint density at radius 3 is 2.29 bits per heavy atom. The van der Waals surface area contributed by atoms with Gasteiger partial charge in [-0.2, -0.15) is 0 Å². The lowest BCUT2D eigenvalue weighted by Crippen LogP contribution is -2.50. The summed E-state index contributed by atoms with van der Waals surface area (Å²) in [6.45, 7) is 9.87. The lowest BCUT2D eigenvalue weighted by atomic mass is 9.64. The van der Waals surface area contributed by atoms with Crippen LogP contribution in [0.4, 0.5) is 0 Å². The van der Waals surface area contributed by atoms with E-state index in [1.54, 1.807) is 0 Å². The Kier molecular flexibility index (Phi) is 2.47. The van der Waals surface area contributed by atoms with Crippen molar-refractivity contribution in [3.8, 4) is 0 Å². The summed E-state index contributed by atoms with van der Waals surface area (Å²) in [7, 11) is 0. The summed E-state index contributed by atoms with van der Waals surface area (Å²) in [6, 6.07) is 0. The molecule has 3 atom stereocenters. The van der Waals surface area contributed by atoms with E-state index in [2.05, 4.69) is 0 Å². The van der Waals surface area contributed by atoms with Crippen LogP contribution in [0.3, 0.4) is 0 Å². The van der Waals surface area contributed by atoms with Crippen LogP contribution in [0.5, 0.6) is 0 Å². The summed E-state index contributed by atoms with van der Waals surface area (Å²) >= 11 is 0. The van der Waals surface area contributed by atoms with Crippen molar-refractivity contribution in [1.29, 1.82) is 0 Å². The summed E-state index contributed by atoms with van der Waals surface area (Å²) in [5.74, 6) is -0.118. The van der Waals surface area contributed by atoms with Crippen molar-refractivity contribution in [3.63, 3.8) is 0 Å². The average molecular weight is 238 g/mol. The van der Waals surface area contributed by atoms with Gasteiger partial charge in [0.05, 0.1) is 5.41 Å². The van der Waals surface area contributed by atoms with Gasteiger partial charge in [-0.25, -0.2) is 0 Å². The van der Waals surface area contributed by atoms with Gasteiger partial charge in [0.15, 0.2) is 11.4 Å². The number of rotatable bonds is 3. The molecule has 0 aromatic heterocycles. The molecule has 1 saturated heterocycles. The molecule has 0 aromatic carbocycles. The molecule has 2 fully saturated rings. The van der Waals surface area contributed by atoms with Gasteiger partial charge in [0.1, 0.15) is 0 Å². The number of hydrogen-bond acceptors (Lipinski definition) is 3. The first-order chi connectivity index (χ1) is 7.73. The Labute approximate surface area is 103 Å². The zero-order valence-electron chi connectivity index (χ0n) is 11.4. The van der Waals surface area contributed by atoms with Crippen LogP contribution < -0.4 is 0 Å². The van der Waals surface area contributed by atoms with Crippen LogP contribution in [0.2, 0.25) is 0 Å². The molecular formula is C14H22O3. The molecule has 1 aliphatic heterocycles. The smallest absolute Gasteiger partial charge is 0.313 e. The van der Waals surface area contributed by atoms with Gasteiger partial charge in [0, 0.05) is 11.3 Å². The Morgan fingerprint density at radius 1 is 1.35 bits per heavy atom. The monoisotopic (exact) mass is 238 g/mol. The van der Waals surface area contributed by atoms with Crippen molar-refractivity contribution in [3.05, 3.63) is 0 Å². The van der Waals surface area contributed by atoms with Crippen LogP contribution >= 0.6 is 0 Å². The van der Waals surface area contributed by atoms with Crippen LogP contribution in [-0.2, 0) is 14.3 Å². The standard InChI is InChI=1S/C14H22O3/c1-6-9(2)10(15)14-8-7-13(5,11(16)17-14)12(14,3)4/h9H,6-8H2,1-5H3/t9?,13-,14+/m0/s1. The van der Waals surface area contributed by atoms with Gasteiger partial charge in [-0.15, -0.1) is 0 Å². The Hall–Kier alpha value is -0.860. The van der Waals surface area contributed by atoms with E-state index < -0.39 is 16.4 Å². The van der Waals surface area contributed by atoms with E-state index in [0.717, 1.165) is 12.8 Å². The minimum Gasteiger partial charge on any atom is -0.450 e. The number of fused-ring (bicyclic) bond motifs is 2. The second-order valence-corrected chi connectivity index (χ2v) is 6.35. The first kappa shape index (κ1) is 12.6. The molecule has 0 radical (unpaired) electrons. The molecule has 1 unspecified atom stereocenters. The van der Waals surface area contributed by atoms with E-state index in [9.17, 15) is 9.59 Å². The van der Waals surface area contributed by atoms with Gasteiger partial charge in [-0.05, 0) is 26.2 Å². The van der Waals surface area contributed by atoms with Gasteiger partial charge >= 0.3 is 5.97 Å². The third-order valence-corrected chi connectivity index (χ3v) is 5.54. The zero-order valence-corrected chi connectivity index (χ0v) is 11.4. The molecule has 2 rings (SSSR count). The molecule has 0 spiro atoms. The third kappa shape index (κ3) is 1.18. The number of carbonyl (C=O) groups excluding carboxylic acids is 2. The van der Waals surface area contributed by atoms with Crippen molar-refractivity contribution in [2.24, 2.45) is 16.7 Å². The van der Waals surface area contributed by atoms with Crippen LogP contribution in [0.1, 0.15) is 53.9 Å². The second kappa shape index (κ2) is 3.33. The Morgan fingerprint density at radius 2 is 1.94 bits per heavy atom. The minimum atomic E-state index is -0.867. The SMILES string of the molecule is CCC(C)C(=O)[C@@]12CC[C@@](C)(C(=O)O1)C2(C)C. The second-order valence-electron chi connectivity index (χ2n) is 6.35. The van der Waals surface area contributed by atoms with Crippen LogP contribution in [0.25, 0.3) is 0 Å². The van der Waals surface area contributed by atoms with E-state index in [1.165, 1.54) is 0 Å². The average Bonchev–Trinajstić information content (AvgIpc) is 2.57. The molecule has 3 heteroatoms. The predicted octanol–water partition coefficient (Wildman–Crippen LogP) is 2.72. The number of ether oxygens (including phenoxy) is 1. The molecule has 0 aromatic rings. The van der Waals surface area contributed by atoms with Crippen molar-refractivity contribution < 1.29 is 14.3 Å². The van der Waals surface area contributed by atoms with Crippen molar-refractivity contribution in [1.82, 2.24) is 0 Å². The highest BCUT2D eigenvalue weighted by atomic mass is 16.6. The van der Waals surface area contributed by atoms with Crippen LogP contribution in [0, 0.1) is 16.7 Å². The fourth-order valence-corrected chi connectivity index (χ4v) is 3.37. The van der Waals surface area contributed by atoms with Crippen molar-refractivity contribution in [2.45, 2.75) is 59.5 Å². The fraction of sp³-hybridized carbons (Fsp3) is 0.857. The largest absolute Gasteiger partial charge is 0.450 e. The quantitative estimate of drug-likeness (QED) is 0.710. The van der Waals surface area contributed by atoms with E-state index in [1.807, 2.05) is 34.6 Å². The zero-order chi connectivity index (χ0) is 13.1. The maximum absolute atomic E-state index is 12.6. The first-order valence-electron chi connectivity index (χ1n) is 6.50. The lowest BCUT2D eigenvalue weighted by molar-refractivity contribution is -0.168. The highest BCUT2D eigenvalue weighted by molar-refractivity contribution is 5.98.